The predicted molar refractivity (Wildman–Crippen MR) is 104 cm³/mol. The van der Waals surface area contributed by atoms with Gasteiger partial charge in [0.2, 0.25) is 0 Å². The lowest BCUT2D eigenvalue weighted by Gasteiger charge is -2.28. The van der Waals surface area contributed by atoms with Crippen LogP contribution in [0.5, 0.6) is 5.75 Å². The van der Waals surface area contributed by atoms with Gasteiger partial charge in [0, 0.05) is 18.0 Å². The molecule has 1 atom stereocenters. The van der Waals surface area contributed by atoms with E-state index in [2.05, 4.69) is 45.0 Å². The maximum atomic E-state index is 12.7. The summed E-state index contributed by atoms with van der Waals surface area (Å²) in [7, 11) is 0. The zero-order chi connectivity index (χ0) is 16.8. The third kappa shape index (κ3) is 2.68. The molecule has 3 heterocycles. The molecule has 1 amide bonds. The van der Waals surface area contributed by atoms with Gasteiger partial charge in [-0.05, 0) is 58.8 Å². The summed E-state index contributed by atoms with van der Waals surface area (Å²) in [4.78, 5) is 16.4. The number of amides is 1. The molecular weight excluding hydrogens is 437 g/mol. The Hall–Kier alpha value is -1.32. The summed E-state index contributed by atoms with van der Waals surface area (Å²) < 4.78 is 0.774. The number of likely N-dealkylation sites (N-methyl/N-ethyl adjacent to an activating group) is 1. The van der Waals surface area contributed by atoms with Gasteiger partial charge >= 0.3 is 0 Å². The van der Waals surface area contributed by atoms with Crippen molar-refractivity contribution in [3.8, 4) is 5.75 Å². The van der Waals surface area contributed by atoms with Crippen molar-refractivity contribution in [2.24, 2.45) is 0 Å². The lowest BCUT2D eigenvalue weighted by atomic mass is 10.0. The van der Waals surface area contributed by atoms with E-state index >= 15 is 0 Å². The summed E-state index contributed by atoms with van der Waals surface area (Å²) in [6, 6.07) is 5.40. The molecule has 4 rings (SSSR count). The molecule has 0 radical (unpaired) electrons. The van der Waals surface area contributed by atoms with E-state index < -0.39 is 0 Å². The average Bonchev–Trinajstić information content (AvgIpc) is 2.95. The number of thiophene rings is 1. The number of carbonyl (C=O) groups excluding carboxylic acids is 1. The fourth-order valence-electron chi connectivity index (χ4n) is 3.31. The standard InChI is InChI=1S/C17H18IN3O2S/c1-2-21-6-5-10-13(8-21)24-17-14(10)16(23)19-15(20-17)9-3-4-12(22)11(18)7-9/h3-4,7,15,20,22H,2,5-6,8H2,1H3,(H,19,23). The summed E-state index contributed by atoms with van der Waals surface area (Å²) >= 11 is 3.80. The van der Waals surface area contributed by atoms with Crippen LogP contribution < -0.4 is 10.6 Å². The number of anilines is 1. The van der Waals surface area contributed by atoms with Gasteiger partial charge in [-0.25, -0.2) is 0 Å². The van der Waals surface area contributed by atoms with E-state index in [-0.39, 0.29) is 17.8 Å². The Morgan fingerprint density at radius 3 is 3.00 bits per heavy atom. The molecule has 3 N–H and O–H groups in total. The topological polar surface area (TPSA) is 64.6 Å². The molecule has 0 saturated carbocycles. The van der Waals surface area contributed by atoms with E-state index in [1.807, 2.05) is 12.1 Å². The first-order valence-electron chi connectivity index (χ1n) is 7.99. The molecule has 0 bridgehead atoms. The molecule has 1 aromatic heterocycles. The Bertz CT molecular complexity index is 820. The van der Waals surface area contributed by atoms with Gasteiger partial charge in [-0.2, -0.15) is 0 Å². The molecule has 5 nitrogen and oxygen atoms in total. The number of hydrogen-bond acceptors (Lipinski definition) is 5. The monoisotopic (exact) mass is 455 g/mol. The quantitative estimate of drug-likeness (QED) is 0.609. The number of phenolic OH excluding ortho intramolecular Hbond substituents is 1. The Balaban J connectivity index is 1.67. The average molecular weight is 455 g/mol. The van der Waals surface area contributed by atoms with Crippen molar-refractivity contribution in [3.63, 3.8) is 0 Å². The van der Waals surface area contributed by atoms with Gasteiger partial charge in [-0.3, -0.25) is 9.69 Å². The predicted octanol–water partition coefficient (Wildman–Crippen LogP) is 3.29. The molecule has 1 aromatic carbocycles. The van der Waals surface area contributed by atoms with Crippen LogP contribution in [0.2, 0.25) is 0 Å². The normalized spacial score (nSPS) is 20.1. The van der Waals surface area contributed by atoms with Crippen molar-refractivity contribution in [1.82, 2.24) is 10.2 Å². The van der Waals surface area contributed by atoms with Gasteiger partial charge in [-0.1, -0.05) is 13.0 Å². The Labute approximate surface area is 158 Å². The summed E-state index contributed by atoms with van der Waals surface area (Å²) in [6.07, 6.45) is 0.674. The van der Waals surface area contributed by atoms with Crippen molar-refractivity contribution in [2.45, 2.75) is 26.1 Å². The fourth-order valence-corrected chi connectivity index (χ4v) is 5.16. The van der Waals surface area contributed by atoms with Gasteiger partial charge in [0.05, 0.1) is 9.13 Å². The Kier molecular flexibility index (Phi) is 4.17. The van der Waals surface area contributed by atoms with E-state index in [1.165, 1.54) is 10.4 Å². The highest BCUT2D eigenvalue weighted by molar-refractivity contribution is 14.1. The molecule has 0 saturated heterocycles. The zero-order valence-corrected chi connectivity index (χ0v) is 16.2. The van der Waals surface area contributed by atoms with Crippen molar-refractivity contribution in [2.75, 3.05) is 18.4 Å². The van der Waals surface area contributed by atoms with Crippen LogP contribution in [-0.4, -0.2) is 29.0 Å². The van der Waals surface area contributed by atoms with Gasteiger partial charge in [-0.15, -0.1) is 11.3 Å². The summed E-state index contributed by atoms with van der Waals surface area (Å²) in [6.45, 7) is 5.15. The van der Waals surface area contributed by atoms with E-state index in [0.717, 1.165) is 45.8 Å². The number of aromatic hydroxyl groups is 1. The minimum absolute atomic E-state index is 0.000665. The highest BCUT2D eigenvalue weighted by Gasteiger charge is 2.33. The molecule has 2 aromatic rings. The molecular formula is C17H18IN3O2S. The van der Waals surface area contributed by atoms with Gasteiger partial charge in [0.15, 0.2) is 0 Å². The number of benzene rings is 1. The smallest absolute Gasteiger partial charge is 0.256 e. The maximum absolute atomic E-state index is 12.7. The maximum Gasteiger partial charge on any atom is 0.256 e. The molecule has 0 spiro atoms. The number of halogens is 1. The van der Waals surface area contributed by atoms with E-state index in [0.29, 0.717) is 0 Å². The van der Waals surface area contributed by atoms with E-state index in [1.54, 1.807) is 17.4 Å². The fraction of sp³-hybridized carbons (Fsp3) is 0.353. The third-order valence-corrected chi connectivity index (χ3v) is 6.68. The first-order valence-corrected chi connectivity index (χ1v) is 9.89. The number of phenols is 1. The molecule has 2 aliphatic heterocycles. The molecule has 24 heavy (non-hydrogen) atoms. The molecule has 1 unspecified atom stereocenters. The second kappa shape index (κ2) is 6.20. The van der Waals surface area contributed by atoms with E-state index in [9.17, 15) is 9.90 Å². The first kappa shape index (κ1) is 16.2. The van der Waals surface area contributed by atoms with Crippen LogP contribution in [0, 0.1) is 3.57 Å². The second-order valence-corrected chi connectivity index (χ2v) is 8.36. The Morgan fingerprint density at radius 1 is 1.42 bits per heavy atom. The largest absolute Gasteiger partial charge is 0.507 e. The van der Waals surface area contributed by atoms with Crippen molar-refractivity contribution >= 4 is 44.8 Å². The van der Waals surface area contributed by atoms with Crippen molar-refractivity contribution in [1.29, 1.82) is 0 Å². The zero-order valence-electron chi connectivity index (χ0n) is 13.2. The number of rotatable bonds is 2. The van der Waals surface area contributed by atoms with Crippen LogP contribution in [0.15, 0.2) is 18.2 Å². The molecule has 0 fully saturated rings. The van der Waals surface area contributed by atoms with Gasteiger partial charge in [0.25, 0.3) is 5.91 Å². The van der Waals surface area contributed by atoms with Gasteiger partial charge in [0.1, 0.15) is 16.9 Å². The van der Waals surface area contributed by atoms with Crippen LogP contribution in [0.1, 0.15) is 39.5 Å². The summed E-state index contributed by atoms with van der Waals surface area (Å²) in [5.74, 6) is 0.257. The highest BCUT2D eigenvalue weighted by atomic mass is 127. The van der Waals surface area contributed by atoms with Crippen molar-refractivity contribution < 1.29 is 9.90 Å². The van der Waals surface area contributed by atoms with E-state index in [4.69, 9.17) is 0 Å². The van der Waals surface area contributed by atoms with Crippen LogP contribution in [-0.2, 0) is 13.0 Å². The second-order valence-electron chi connectivity index (χ2n) is 6.09. The third-order valence-electron chi connectivity index (χ3n) is 4.67. The summed E-state index contributed by atoms with van der Waals surface area (Å²) in [5, 5.41) is 17.2. The lowest BCUT2D eigenvalue weighted by molar-refractivity contribution is 0.0934. The summed E-state index contributed by atoms with van der Waals surface area (Å²) in [5.41, 5.74) is 2.98. The number of carbonyl (C=O) groups is 1. The number of fused-ring (bicyclic) bond motifs is 3. The first-order chi connectivity index (χ1) is 11.6. The molecule has 126 valence electrons. The molecule has 0 aliphatic carbocycles. The van der Waals surface area contributed by atoms with Crippen LogP contribution in [0.25, 0.3) is 0 Å². The minimum atomic E-state index is -0.263. The number of nitrogens with zero attached hydrogens (tertiary/aromatic N) is 1. The Morgan fingerprint density at radius 2 is 2.25 bits per heavy atom. The van der Waals surface area contributed by atoms with Gasteiger partial charge < -0.3 is 15.7 Å². The minimum Gasteiger partial charge on any atom is -0.507 e. The molecule has 7 heteroatoms. The number of nitrogens with one attached hydrogen (secondary N) is 2. The van der Waals surface area contributed by atoms with Crippen LogP contribution in [0.3, 0.4) is 0 Å². The molecule has 2 aliphatic rings. The SMILES string of the molecule is CCN1CCc2c(sc3c2C(=O)NC(c2ccc(O)c(I)c2)N3)C1. The highest BCUT2D eigenvalue weighted by Crippen LogP contribution is 2.41. The van der Waals surface area contributed by atoms with Crippen LogP contribution >= 0.6 is 33.9 Å². The lowest BCUT2D eigenvalue weighted by Crippen LogP contribution is -2.38. The number of hydrogen-bond donors (Lipinski definition) is 3. The van der Waals surface area contributed by atoms with Crippen molar-refractivity contribution in [3.05, 3.63) is 43.3 Å². The van der Waals surface area contributed by atoms with Crippen LogP contribution in [0.4, 0.5) is 5.00 Å².